The van der Waals surface area contributed by atoms with Gasteiger partial charge in [-0.25, -0.2) is 4.99 Å². The predicted molar refractivity (Wildman–Crippen MR) is 141 cm³/mol. The molecule has 0 saturated carbocycles. The number of carbonyl (C=O) groups is 1. The maximum atomic E-state index is 13.2. The van der Waals surface area contributed by atoms with Crippen LogP contribution in [-0.2, 0) is 11.4 Å². The lowest BCUT2D eigenvalue weighted by atomic mass is 10.1. The third kappa shape index (κ3) is 5.04. The molecule has 184 valence electrons. The standard InChI is InChI=1S/C28H26N2O5S/c1-18(2)30-27(31)26(36-28(30)29-21-7-5-4-6-8-21)15-19-9-11-22(24(13-19)32-3)33-16-20-10-12-23-25(14-20)35-17-34-23/h4-15,18H,16-17H2,1-3H3/b26-15+,29-28?. The van der Waals surface area contributed by atoms with Crippen molar-refractivity contribution in [1.82, 2.24) is 4.90 Å². The van der Waals surface area contributed by atoms with Gasteiger partial charge < -0.3 is 18.9 Å². The van der Waals surface area contributed by atoms with E-state index in [0.717, 1.165) is 28.3 Å². The van der Waals surface area contributed by atoms with Gasteiger partial charge in [-0.3, -0.25) is 9.69 Å². The summed E-state index contributed by atoms with van der Waals surface area (Å²) in [5.41, 5.74) is 2.60. The summed E-state index contributed by atoms with van der Waals surface area (Å²) < 4.78 is 22.4. The number of amidine groups is 1. The van der Waals surface area contributed by atoms with E-state index in [1.165, 1.54) is 11.8 Å². The molecule has 1 amide bonds. The Bertz CT molecular complexity index is 1340. The van der Waals surface area contributed by atoms with Gasteiger partial charge in [-0.15, -0.1) is 0 Å². The van der Waals surface area contributed by atoms with Gasteiger partial charge in [0, 0.05) is 6.04 Å². The quantitative estimate of drug-likeness (QED) is 0.368. The number of hydrogen-bond donors (Lipinski definition) is 0. The smallest absolute Gasteiger partial charge is 0.266 e. The molecular weight excluding hydrogens is 476 g/mol. The molecule has 0 N–H and O–H groups in total. The van der Waals surface area contributed by atoms with Gasteiger partial charge in [0.15, 0.2) is 28.2 Å². The number of nitrogens with zero attached hydrogens (tertiary/aromatic N) is 2. The highest BCUT2D eigenvalue weighted by Gasteiger charge is 2.35. The van der Waals surface area contributed by atoms with Crippen molar-refractivity contribution in [3.8, 4) is 23.0 Å². The Morgan fingerprint density at radius 3 is 2.61 bits per heavy atom. The van der Waals surface area contributed by atoms with Crippen molar-refractivity contribution in [2.45, 2.75) is 26.5 Å². The number of thioether (sulfide) groups is 1. The highest BCUT2D eigenvalue weighted by molar-refractivity contribution is 8.18. The Hall–Kier alpha value is -3.91. The summed E-state index contributed by atoms with van der Waals surface area (Å²) in [5.74, 6) is 2.58. The zero-order valence-electron chi connectivity index (χ0n) is 20.3. The molecule has 8 heteroatoms. The minimum Gasteiger partial charge on any atom is -0.493 e. The van der Waals surface area contributed by atoms with Crippen LogP contribution in [0.3, 0.4) is 0 Å². The molecule has 36 heavy (non-hydrogen) atoms. The predicted octanol–water partition coefficient (Wildman–Crippen LogP) is 6.02. The second kappa shape index (κ2) is 10.4. The molecule has 0 bridgehead atoms. The molecule has 1 saturated heterocycles. The third-order valence-corrected chi connectivity index (χ3v) is 6.63. The van der Waals surface area contributed by atoms with Crippen molar-refractivity contribution in [2.75, 3.05) is 13.9 Å². The Kier molecular flexibility index (Phi) is 6.86. The Morgan fingerprint density at radius 1 is 1.03 bits per heavy atom. The van der Waals surface area contributed by atoms with Crippen LogP contribution >= 0.6 is 11.8 Å². The SMILES string of the molecule is COc1cc(/C=C2/SC(=Nc3ccccc3)N(C(C)C)C2=O)ccc1OCc1ccc2c(c1)OCO2. The van der Waals surface area contributed by atoms with E-state index >= 15 is 0 Å². The van der Waals surface area contributed by atoms with Crippen molar-refractivity contribution in [1.29, 1.82) is 0 Å². The van der Waals surface area contributed by atoms with Crippen molar-refractivity contribution < 1.29 is 23.7 Å². The highest BCUT2D eigenvalue weighted by atomic mass is 32.2. The third-order valence-electron chi connectivity index (χ3n) is 5.65. The van der Waals surface area contributed by atoms with E-state index in [2.05, 4.69) is 0 Å². The molecule has 0 aromatic heterocycles. The van der Waals surface area contributed by atoms with Crippen LogP contribution in [-0.4, -0.2) is 35.9 Å². The first-order valence-corrected chi connectivity index (χ1v) is 12.4. The molecule has 0 spiro atoms. The molecule has 0 radical (unpaired) electrons. The van der Waals surface area contributed by atoms with E-state index in [4.69, 9.17) is 23.9 Å². The fraction of sp³-hybridized carbons (Fsp3) is 0.214. The van der Waals surface area contributed by atoms with Crippen molar-refractivity contribution in [3.05, 3.63) is 82.8 Å². The lowest BCUT2D eigenvalue weighted by Crippen LogP contribution is -2.35. The Labute approximate surface area is 214 Å². The number of fused-ring (bicyclic) bond motifs is 1. The second-order valence-corrected chi connectivity index (χ2v) is 9.51. The molecule has 0 unspecified atom stereocenters. The fourth-order valence-electron chi connectivity index (χ4n) is 3.87. The van der Waals surface area contributed by atoms with Gasteiger partial charge in [0.05, 0.1) is 17.7 Å². The van der Waals surface area contributed by atoms with E-state index in [-0.39, 0.29) is 18.7 Å². The van der Waals surface area contributed by atoms with Crippen LogP contribution in [0.15, 0.2) is 76.6 Å². The molecule has 2 heterocycles. The Balaban J connectivity index is 1.35. The van der Waals surface area contributed by atoms with Crippen LogP contribution in [0, 0.1) is 0 Å². The molecule has 2 aliphatic heterocycles. The summed E-state index contributed by atoms with van der Waals surface area (Å²) >= 11 is 1.37. The van der Waals surface area contributed by atoms with E-state index in [0.29, 0.717) is 28.2 Å². The van der Waals surface area contributed by atoms with Gasteiger partial charge >= 0.3 is 0 Å². The van der Waals surface area contributed by atoms with E-state index in [1.54, 1.807) is 12.0 Å². The maximum absolute atomic E-state index is 13.2. The van der Waals surface area contributed by atoms with Gasteiger partial charge in [0.25, 0.3) is 5.91 Å². The van der Waals surface area contributed by atoms with Gasteiger partial charge in [-0.1, -0.05) is 30.3 Å². The molecule has 5 rings (SSSR count). The summed E-state index contributed by atoms with van der Waals surface area (Å²) in [6.07, 6.45) is 1.86. The largest absolute Gasteiger partial charge is 0.493 e. The molecule has 7 nitrogen and oxygen atoms in total. The lowest BCUT2D eigenvalue weighted by Gasteiger charge is -2.19. The molecular formula is C28H26N2O5S. The number of para-hydroxylation sites is 1. The first kappa shape index (κ1) is 23.8. The summed E-state index contributed by atoms with van der Waals surface area (Å²) in [4.78, 5) is 20.2. The first-order valence-electron chi connectivity index (χ1n) is 11.6. The summed E-state index contributed by atoms with van der Waals surface area (Å²) in [5, 5.41) is 0.670. The molecule has 1 fully saturated rings. The Morgan fingerprint density at radius 2 is 1.83 bits per heavy atom. The maximum Gasteiger partial charge on any atom is 0.266 e. The van der Waals surface area contributed by atoms with Crippen molar-refractivity contribution in [3.63, 3.8) is 0 Å². The zero-order chi connectivity index (χ0) is 25.1. The number of amides is 1. The number of aliphatic imine (C=N–C) groups is 1. The van der Waals surface area contributed by atoms with Crippen LogP contribution in [0.1, 0.15) is 25.0 Å². The van der Waals surface area contributed by atoms with Crippen LogP contribution in [0.25, 0.3) is 6.08 Å². The van der Waals surface area contributed by atoms with Gasteiger partial charge in [-0.2, -0.15) is 0 Å². The number of ether oxygens (including phenoxy) is 4. The first-order chi connectivity index (χ1) is 17.5. The molecule has 0 aliphatic carbocycles. The van der Waals surface area contributed by atoms with Gasteiger partial charge in [-0.05, 0) is 79.2 Å². The number of benzene rings is 3. The average Bonchev–Trinajstić information content (AvgIpc) is 3.47. The highest BCUT2D eigenvalue weighted by Crippen LogP contribution is 2.37. The van der Waals surface area contributed by atoms with Crippen molar-refractivity contribution >= 4 is 34.6 Å². The minimum atomic E-state index is -0.0632. The number of rotatable bonds is 7. The molecule has 2 aliphatic rings. The number of hydrogen-bond acceptors (Lipinski definition) is 7. The van der Waals surface area contributed by atoms with Crippen LogP contribution in [0.4, 0.5) is 5.69 Å². The average molecular weight is 503 g/mol. The van der Waals surface area contributed by atoms with Crippen LogP contribution in [0.5, 0.6) is 23.0 Å². The van der Waals surface area contributed by atoms with E-state index in [9.17, 15) is 4.79 Å². The minimum absolute atomic E-state index is 0.0140. The topological polar surface area (TPSA) is 69.6 Å². The van der Waals surface area contributed by atoms with Crippen LogP contribution < -0.4 is 18.9 Å². The number of carbonyl (C=O) groups excluding carboxylic acids is 1. The summed E-state index contributed by atoms with van der Waals surface area (Å²) in [6.45, 7) is 4.55. The van der Waals surface area contributed by atoms with Gasteiger partial charge in [0.1, 0.15) is 6.61 Å². The molecule has 3 aromatic carbocycles. The number of methoxy groups -OCH3 is 1. The molecule has 3 aromatic rings. The fourth-order valence-corrected chi connectivity index (χ4v) is 4.99. The monoisotopic (exact) mass is 502 g/mol. The second-order valence-electron chi connectivity index (χ2n) is 8.50. The molecule has 0 atom stereocenters. The van der Waals surface area contributed by atoms with Crippen LogP contribution in [0.2, 0.25) is 0 Å². The lowest BCUT2D eigenvalue weighted by molar-refractivity contribution is -0.123. The van der Waals surface area contributed by atoms with E-state index < -0.39 is 0 Å². The summed E-state index contributed by atoms with van der Waals surface area (Å²) in [7, 11) is 1.60. The zero-order valence-corrected chi connectivity index (χ0v) is 21.1. The van der Waals surface area contributed by atoms with E-state index in [1.807, 2.05) is 86.7 Å². The van der Waals surface area contributed by atoms with Crippen molar-refractivity contribution in [2.24, 2.45) is 4.99 Å². The van der Waals surface area contributed by atoms with Gasteiger partial charge in [0.2, 0.25) is 6.79 Å². The normalized spacial score (nSPS) is 16.9. The summed E-state index contributed by atoms with van der Waals surface area (Å²) in [6, 6.07) is 21.0.